The van der Waals surface area contributed by atoms with Crippen molar-refractivity contribution in [3.05, 3.63) is 65.4 Å². The predicted octanol–water partition coefficient (Wildman–Crippen LogP) is 6.00. The zero-order valence-corrected chi connectivity index (χ0v) is 27.9. The van der Waals surface area contributed by atoms with E-state index in [9.17, 15) is 14.7 Å². The maximum Gasteiger partial charge on any atom is 0.410 e. The van der Waals surface area contributed by atoms with E-state index >= 15 is 0 Å². The van der Waals surface area contributed by atoms with E-state index < -0.39 is 11.2 Å². The highest BCUT2D eigenvalue weighted by atomic mass is 16.6. The zero-order chi connectivity index (χ0) is 33.5. The van der Waals surface area contributed by atoms with Gasteiger partial charge in [0.15, 0.2) is 0 Å². The Kier molecular flexibility index (Phi) is 8.72. The predicted molar refractivity (Wildman–Crippen MR) is 180 cm³/mol. The molecule has 3 aromatic heterocycles. The van der Waals surface area contributed by atoms with Crippen LogP contribution in [0, 0.1) is 12.5 Å². The largest absolute Gasteiger partial charge is 0.444 e. The highest BCUT2D eigenvalue weighted by Crippen LogP contribution is 2.36. The zero-order valence-electron chi connectivity index (χ0n) is 27.9. The minimum absolute atomic E-state index is 0.225. The van der Waals surface area contributed by atoms with E-state index in [-0.39, 0.29) is 18.0 Å². The van der Waals surface area contributed by atoms with Gasteiger partial charge in [0.1, 0.15) is 11.3 Å². The fraction of sp³-hybridized carbons (Fsp3) is 0.514. The maximum absolute atomic E-state index is 13.4. The number of nitrogens with one attached hydrogen (secondary N) is 1. The molecule has 4 aromatic rings. The lowest BCUT2D eigenvalue weighted by Crippen LogP contribution is -2.51. The average molecular weight is 641 g/mol. The Bertz CT molecular complexity index is 1820. The van der Waals surface area contributed by atoms with Gasteiger partial charge in [-0.2, -0.15) is 10.2 Å². The molecule has 0 bridgehead atoms. The van der Waals surface area contributed by atoms with Crippen LogP contribution in [0.15, 0.2) is 42.7 Å². The fourth-order valence-corrected chi connectivity index (χ4v) is 6.69. The van der Waals surface area contributed by atoms with Crippen LogP contribution in [0.25, 0.3) is 21.3 Å². The van der Waals surface area contributed by atoms with Gasteiger partial charge in [0.05, 0.1) is 35.4 Å². The normalized spacial score (nSPS) is 19.6. The minimum Gasteiger partial charge on any atom is -0.444 e. The number of amides is 2. The number of aliphatic hydroxyl groups is 1. The summed E-state index contributed by atoms with van der Waals surface area (Å²) in [6, 6.07) is 9.13. The molecule has 2 N–H and O–H groups in total. The van der Waals surface area contributed by atoms with Crippen LogP contribution in [-0.2, 0) is 10.3 Å². The maximum atomic E-state index is 13.4. The van der Waals surface area contributed by atoms with Gasteiger partial charge in [0.25, 0.3) is 5.91 Å². The monoisotopic (exact) mass is 640 g/mol. The van der Waals surface area contributed by atoms with Crippen LogP contribution >= 0.6 is 0 Å². The molecule has 1 aliphatic carbocycles. The number of anilines is 1. The van der Waals surface area contributed by atoms with Crippen LogP contribution < -0.4 is 5.32 Å². The molecule has 0 radical (unpaired) electrons. The van der Waals surface area contributed by atoms with Gasteiger partial charge in [-0.3, -0.25) is 14.4 Å². The van der Waals surface area contributed by atoms with Crippen molar-refractivity contribution < 1.29 is 19.4 Å². The molecule has 12 heteroatoms. The summed E-state index contributed by atoms with van der Waals surface area (Å²) >= 11 is 0. The highest BCUT2D eigenvalue weighted by Gasteiger charge is 2.30. The third kappa shape index (κ3) is 7.26. The van der Waals surface area contributed by atoms with Crippen molar-refractivity contribution in [2.45, 2.75) is 77.5 Å². The lowest BCUT2D eigenvalue weighted by atomic mass is 9.85. The molecular weight excluding hydrogens is 596 g/mol. The highest BCUT2D eigenvalue weighted by molar-refractivity contribution is 6.05. The van der Waals surface area contributed by atoms with Gasteiger partial charge in [0.2, 0.25) is 5.69 Å². The number of rotatable bonds is 6. The summed E-state index contributed by atoms with van der Waals surface area (Å²) in [7, 11) is 0. The molecular formula is C35H44N8O4. The van der Waals surface area contributed by atoms with Gasteiger partial charge in [0, 0.05) is 55.6 Å². The number of hydrogen-bond acceptors (Lipinski definition) is 7. The van der Waals surface area contributed by atoms with Crippen molar-refractivity contribution in [2.24, 2.45) is 5.92 Å². The van der Waals surface area contributed by atoms with E-state index in [1.54, 1.807) is 32.0 Å². The molecule has 0 unspecified atom stereocenters. The standard InChI is InChI=1S/C35H44N8O4/c1-34(2,3)47-33(45)41-15-13-40(14-16-41)21-23-7-9-26(10-8-23)42-22-24-17-30(28(35(4,5)46)19-29(24)39-42)38-32(44)31-12-11-27-18-25(36-6)20-37-43(27)31/h11-12,17-20,22-23,26,46H,7-10,13-16,21H2,1-5H3,(H,38,44). The molecule has 2 aliphatic rings. The van der Waals surface area contributed by atoms with Crippen LogP contribution in [0.1, 0.15) is 82.4 Å². The SMILES string of the molecule is [C-]#[N+]c1cnn2c(C(=O)Nc3cc4cn(C5CCC(CN6CCN(C(=O)OC(C)(C)C)CC6)CC5)nc4cc3C(C)(C)O)ccc2c1. The molecule has 47 heavy (non-hydrogen) atoms. The van der Waals surface area contributed by atoms with Crippen LogP contribution in [0.2, 0.25) is 0 Å². The number of fused-ring (bicyclic) bond motifs is 2. The minimum atomic E-state index is -1.22. The van der Waals surface area contributed by atoms with Crippen molar-refractivity contribution in [1.82, 2.24) is 29.2 Å². The van der Waals surface area contributed by atoms with Gasteiger partial charge in [-0.25, -0.2) is 14.2 Å². The van der Waals surface area contributed by atoms with Gasteiger partial charge >= 0.3 is 6.09 Å². The number of piperazine rings is 1. The Morgan fingerprint density at radius 3 is 2.43 bits per heavy atom. The van der Waals surface area contributed by atoms with Crippen molar-refractivity contribution in [3.8, 4) is 0 Å². The molecule has 1 saturated heterocycles. The Labute approximate surface area is 275 Å². The summed E-state index contributed by atoms with van der Waals surface area (Å²) in [5.74, 6) is 0.246. The lowest BCUT2D eigenvalue weighted by Gasteiger charge is -2.38. The molecule has 12 nitrogen and oxygen atoms in total. The summed E-state index contributed by atoms with van der Waals surface area (Å²) in [6.07, 6.45) is 7.53. The lowest BCUT2D eigenvalue weighted by molar-refractivity contribution is 0.0126. The smallest absolute Gasteiger partial charge is 0.410 e. The van der Waals surface area contributed by atoms with Crippen molar-refractivity contribution in [1.29, 1.82) is 0 Å². The number of hydrogen-bond donors (Lipinski definition) is 2. The van der Waals surface area contributed by atoms with E-state index in [0.717, 1.165) is 56.2 Å². The number of ether oxygens (including phenoxy) is 1. The molecule has 1 aliphatic heterocycles. The summed E-state index contributed by atoms with van der Waals surface area (Å²) in [5.41, 5.74) is 1.53. The van der Waals surface area contributed by atoms with Crippen LogP contribution in [0.4, 0.5) is 16.2 Å². The van der Waals surface area contributed by atoms with Crippen LogP contribution in [0.5, 0.6) is 0 Å². The molecule has 1 saturated carbocycles. The van der Waals surface area contributed by atoms with Crippen molar-refractivity contribution >= 4 is 39.8 Å². The average Bonchev–Trinajstić information content (AvgIpc) is 3.64. The van der Waals surface area contributed by atoms with Crippen LogP contribution in [0.3, 0.4) is 0 Å². The van der Waals surface area contributed by atoms with E-state index in [4.69, 9.17) is 16.4 Å². The quantitative estimate of drug-likeness (QED) is 0.248. The second-order valence-corrected chi connectivity index (χ2v) is 14.4. The fourth-order valence-electron chi connectivity index (χ4n) is 6.69. The number of aromatic nitrogens is 4. The van der Waals surface area contributed by atoms with E-state index in [1.165, 1.54) is 10.7 Å². The third-order valence-electron chi connectivity index (χ3n) is 9.15. The molecule has 0 atom stereocenters. The number of carbonyl (C=O) groups excluding carboxylic acids is 2. The molecule has 2 fully saturated rings. The van der Waals surface area contributed by atoms with Crippen LogP contribution in [-0.4, -0.2) is 84.6 Å². The first-order valence-electron chi connectivity index (χ1n) is 16.4. The van der Waals surface area contributed by atoms with E-state index in [0.29, 0.717) is 47.2 Å². The van der Waals surface area contributed by atoms with Crippen molar-refractivity contribution in [2.75, 3.05) is 38.0 Å². The molecule has 2 amide bonds. The number of nitrogens with zero attached hydrogens (tertiary/aromatic N) is 7. The summed E-state index contributed by atoms with van der Waals surface area (Å²) in [4.78, 5) is 33.5. The Morgan fingerprint density at radius 2 is 1.77 bits per heavy atom. The third-order valence-corrected chi connectivity index (χ3v) is 9.15. The van der Waals surface area contributed by atoms with Crippen molar-refractivity contribution in [3.63, 3.8) is 0 Å². The molecule has 248 valence electrons. The first kappa shape index (κ1) is 32.5. The summed E-state index contributed by atoms with van der Waals surface area (Å²) < 4.78 is 9.10. The van der Waals surface area contributed by atoms with E-state index in [1.807, 2.05) is 44.0 Å². The van der Waals surface area contributed by atoms with Gasteiger partial charge in [-0.05, 0) is 96.6 Å². The summed E-state index contributed by atoms with van der Waals surface area (Å²) in [5, 5.41) is 24.1. The topological polar surface area (TPSA) is 122 Å². The molecule has 6 rings (SSSR count). The second-order valence-electron chi connectivity index (χ2n) is 14.4. The molecule has 1 aromatic carbocycles. The molecule has 4 heterocycles. The second kappa shape index (κ2) is 12.6. The first-order chi connectivity index (χ1) is 22.3. The number of benzene rings is 1. The number of carbonyl (C=O) groups is 2. The Balaban J connectivity index is 1.10. The van der Waals surface area contributed by atoms with Gasteiger partial charge in [-0.1, -0.05) is 0 Å². The Morgan fingerprint density at radius 1 is 1.04 bits per heavy atom. The Hall–Kier alpha value is -4.47. The van der Waals surface area contributed by atoms with Gasteiger partial charge < -0.3 is 20.1 Å². The van der Waals surface area contributed by atoms with E-state index in [2.05, 4.69) is 24.8 Å². The summed E-state index contributed by atoms with van der Waals surface area (Å²) in [6.45, 7) is 20.5. The molecule has 0 spiro atoms. The first-order valence-corrected chi connectivity index (χ1v) is 16.4. The van der Waals surface area contributed by atoms with Gasteiger partial charge in [-0.15, -0.1) is 0 Å².